The van der Waals surface area contributed by atoms with Crippen molar-refractivity contribution in [3.63, 3.8) is 0 Å². The highest BCUT2D eigenvalue weighted by molar-refractivity contribution is 7.15. The van der Waals surface area contributed by atoms with E-state index in [9.17, 15) is 4.79 Å². The van der Waals surface area contributed by atoms with Crippen molar-refractivity contribution in [3.05, 3.63) is 62.0 Å². The summed E-state index contributed by atoms with van der Waals surface area (Å²) in [6, 6.07) is 7.28. The fourth-order valence-corrected chi connectivity index (χ4v) is 3.24. The molecule has 1 N–H and O–H groups in total. The van der Waals surface area contributed by atoms with Crippen LogP contribution >= 0.6 is 22.9 Å². The van der Waals surface area contributed by atoms with Crippen LogP contribution in [0.2, 0.25) is 5.02 Å². The quantitative estimate of drug-likeness (QED) is 0.801. The maximum absolute atomic E-state index is 12.1. The Balaban J connectivity index is 1.89. The standard InChI is InChI=1S/C15H14ClN3OS/c1-9-8-21-15-18-11(6-14(20)19(9)15)7-17-13-5-3-4-12(16)10(13)2/h3-6,8,17H,7H2,1-2H3. The fourth-order valence-electron chi connectivity index (χ4n) is 2.18. The number of hydrogen-bond acceptors (Lipinski definition) is 4. The zero-order valence-electron chi connectivity index (χ0n) is 11.7. The van der Waals surface area contributed by atoms with Gasteiger partial charge >= 0.3 is 0 Å². The molecule has 0 bridgehead atoms. The lowest BCUT2D eigenvalue weighted by Gasteiger charge is -2.10. The first-order valence-electron chi connectivity index (χ1n) is 6.52. The van der Waals surface area contributed by atoms with Gasteiger partial charge in [-0.2, -0.15) is 0 Å². The Morgan fingerprint density at radius 1 is 1.38 bits per heavy atom. The van der Waals surface area contributed by atoms with Gasteiger partial charge in [0, 0.05) is 27.9 Å². The average molecular weight is 320 g/mol. The zero-order valence-corrected chi connectivity index (χ0v) is 13.3. The van der Waals surface area contributed by atoms with E-state index in [1.165, 1.54) is 11.3 Å². The molecule has 0 aliphatic carbocycles. The Morgan fingerprint density at radius 3 is 3.00 bits per heavy atom. The van der Waals surface area contributed by atoms with E-state index in [-0.39, 0.29) is 5.56 Å². The van der Waals surface area contributed by atoms with E-state index in [2.05, 4.69) is 10.3 Å². The Kier molecular flexibility index (Phi) is 3.69. The summed E-state index contributed by atoms with van der Waals surface area (Å²) in [6.45, 7) is 4.35. The van der Waals surface area contributed by atoms with E-state index in [0.717, 1.165) is 32.6 Å². The lowest BCUT2D eigenvalue weighted by Crippen LogP contribution is -2.16. The Morgan fingerprint density at radius 2 is 2.19 bits per heavy atom. The molecule has 0 amide bonds. The number of aryl methyl sites for hydroxylation is 1. The second kappa shape index (κ2) is 5.50. The molecule has 0 aliphatic rings. The number of thiazole rings is 1. The van der Waals surface area contributed by atoms with Crippen LogP contribution in [0.3, 0.4) is 0 Å². The highest BCUT2D eigenvalue weighted by atomic mass is 35.5. The van der Waals surface area contributed by atoms with Crippen molar-refractivity contribution < 1.29 is 0 Å². The van der Waals surface area contributed by atoms with Gasteiger partial charge in [0.05, 0.1) is 12.2 Å². The number of rotatable bonds is 3. The number of anilines is 1. The summed E-state index contributed by atoms with van der Waals surface area (Å²) in [4.78, 5) is 17.3. The molecule has 1 aromatic carbocycles. The fraction of sp³-hybridized carbons (Fsp3) is 0.200. The van der Waals surface area contributed by atoms with Gasteiger partial charge in [-0.05, 0) is 31.5 Å². The van der Waals surface area contributed by atoms with Crippen molar-refractivity contribution in [3.8, 4) is 0 Å². The van der Waals surface area contributed by atoms with Crippen LogP contribution in [0.4, 0.5) is 5.69 Å². The molecule has 0 atom stereocenters. The predicted molar refractivity (Wildman–Crippen MR) is 87.6 cm³/mol. The number of benzene rings is 1. The molecule has 4 nitrogen and oxygen atoms in total. The van der Waals surface area contributed by atoms with Crippen LogP contribution in [-0.4, -0.2) is 9.38 Å². The predicted octanol–water partition coefficient (Wildman–Crippen LogP) is 3.64. The highest BCUT2D eigenvalue weighted by Gasteiger charge is 2.07. The van der Waals surface area contributed by atoms with E-state index in [0.29, 0.717) is 6.54 Å². The molecule has 2 aromatic heterocycles. The monoisotopic (exact) mass is 319 g/mol. The molecule has 21 heavy (non-hydrogen) atoms. The van der Waals surface area contributed by atoms with Crippen LogP contribution in [0.5, 0.6) is 0 Å². The Hall–Kier alpha value is -1.85. The van der Waals surface area contributed by atoms with Crippen molar-refractivity contribution in [1.29, 1.82) is 0 Å². The van der Waals surface area contributed by atoms with Crippen molar-refractivity contribution in [2.45, 2.75) is 20.4 Å². The second-order valence-corrected chi connectivity index (χ2v) is 6.09. The molecule has 0 unspecified atom stereocenters. The summed E-state index contributed by atoms with van der Waals surface area (Å²) in [5.74, 6) is 0. The first-order chi connectivity index (χ1) is 10.1. The molecule has 0 fully saturated rings. The SMILES string of the molecule is Cc1c(Cl)cccc1NCc1cc(=O)n2c(C)csc2n1. The van der Waals surface area contributed by atoms with Gasteiger partial charge in [-0.25, -0.2) is 4.98 Å². The summed E-state index contributed by atoms with van der Waals surface area (Å²) in [5, 5.41) is 5.93. The van der Waals surface area contributed by atoms with Gasteiger partial charge in [-0.15, -0.1) is 11.3 Å². The third kappa shape index (κ3) is 2.66. The molecule has 2 heterocycles. The van der Waals surface area contributed by atoms with Crippen LogP contribution in [-0.2, 0) is 6.54 Å². The summed E-state index contributed by atoms with van der Waals surface area (Å²) < 4.78 is 1.62. The molecule has 0 radical (unpaired) electrons. The Labute approximate surface area is 131 Å². The molecule has 0 saturated carbocycles. The molecule has 6 heteroatoms. The number of fused-ring (bicyclic) bond motifs is 1. The summed E-state index contributed by atoms with van der Waals surface area (Å²) in [7, 11) is 0. The minimum Gasteiger partial charge on any atom is -0.379 e. The maximum Gasteiger partial charge on any atom is 0.259 e. The molecule has 3 aromatic rings. The van der Waals surface area contributed by atoms with E-state index < -0.39 is 0 Å². The molecule has 108 valence electrons. The zero-order chi connectivity index (χ0) is 15.0. The van der Waals surface area contributed by atoms with Crippen LogP contribution in [0.15, 0.2) is 34.4 Å². The number of nitrogens with zero attached hydrogens (tertiary/aromatic N) is 2. The minimum atomic E-state index is -0.0432. The number of nitrogens with one attached hydrogen (secondary N) is 1. The van der Waals surface area contributed by atoms with Gasteiger partial charge in [0.1, 0.15) is 0 Å². The first kappa shape index (κ1) is 14.1. The third-order valence-corrected chi connectivity index (χ3v) is 4.71. The van der Waals surface area contributed by atoms with Crippen molar-refractivity contribution in [1.82, 2.24) is 9.38 Å². The van der Waals surface area contributed by atoms with Gasteiger partial charge < -0.3 is 5.32 Å². The lowest BCUT2D eigenvalue weighted by atomic mass is 10.2. The molecule has 0 aliphatic heterocycles. The van der Waals surface area contributed by atoms with Gasteiger partial charge in [0.15, 0.2) is 4.96 Å². The van der Waals surface area contributed by atoms with Gasteiger partial charge in [0.2, 0.25) is 0 Å². The van der Waals surface area contributed by atoms with Crippen molar-refractivity contribution >= 4 is 33.6 Å². The lowest BCUT2D eigenvalue weighted by molar-refractivity contribution is 0.965. The van der Waals surface area contributed by atoms with Crippen LogP contribution < -0.4 is 10.9 Å². The second-order valence-electron chi connectivity index (χ2n) is 4.85. The first-order valence-corrected chi connectivity index (χ1v) is 7.78. The number of halogens is 1. The van der Waals surface area contributed by atoms with Crippen molar-refractivity contribution in [2.75, 3.05) is 5.32 Å². The minimum absolute atomic E-state index is 0.0432. The average Bonchev–Trinajstić information content (AvgIpc) is 2.82. The molecular formula is C15H14ClN3OS. The molecule has 0 saturated heterocycles. The Bertz CT molecular complexity index is 869. The van der Waals surface area contributed by atoms with E-state index in [1.807, 2.05) is 37.4 Å². The largest absolute Gasteiger partial charge is 0.379 e. The molecular weight excluding hydrogens is 306 g/mol. The van der Waals surface area contributed by atoms with Crippen molar-refractivity contribution in [2.24, 2.45) is 0 Å². The van der Waals surface area contributed by atoms with Gasteiger partial charge in [-0.3, -0.25) is 9.20 Å². The smallest absolute Gasteiger partial charge is 0.259 e. The topological polar surface area (TPSA) is 46.4 Å². The summed E-state index contributed by atoms with van der Waals surface area (Å²) in [6.07, 6.45) is 0. The van der Waals surface area contributed by atoms with Gasteiger partial charge in [-0.1, -0.05) is 17.7 Å². The van der Waals surface area contributed by atoms with E-state index in [1.54, 1.807) is 10.5 Å². The van der Waals surface area contributed by atoms with Crippen LogP contribution in [0.1, 0.15) is 17.0 Å². The molecule has 3 rings (SSSR count). The maximum atomic E-state index is 12.1. The number of hydrogen-bond donors (Lipinski definition) is 1. The number of aromatic nitrogens is 2. The molecule has 0 spiro atoms. The summed E-state index contributed by atoms with van der Waals surface area (Å²) in [5.41, 5.74) is 3.54. The van der Waals surface area contributed by atoms with Gasteiger partial charge in [0.25, 0.3) is 5.56 Å². The van der Waals surface area contributed by atoms with E-state index >= 15 is 0 Å². The summed E-state index contributed by atoms with van der Waals surface area (Å²) >= 11 is 7.57. The normalized spacial score (nSPS) is 11.0. The third-order valence-electron chi connectivity index (χ3n) is 3.36. The highest BCUT2D eigenvalue weighted by Crippen LogP contribution is 2.23. The van der Waals surface area contributed by atoms with Crippen LogP contribution in [0.25, 0.3) is 4.96 Å². The van der Waals surface area contributed by atoms with E-state index in [4.69, 9.17) is 11.6 Å². The van der Waals surface area contributed by atoms with Crippen LogP contribution in [0, 0.1) is 13.8 Å².